The van der Waals surface area contributed by atoms with E-state index < -0.39 is 0 Å². The molecule has 0 spiro atoms. The van der Waals surface area contributed by atoms with E-state index in [0.29, 0.717) is 6.04 Å². The van der Waals surface area contributed by atoms with Crippen LogP contribution in [0.25, 0.3) is 0 Å². The highest BCUT2D eigenvalue weighted by Crippen LogP contribution is 2.15. The smallest absolute Gasteiger partial charge is 0.0960 e. The molecule has 1 aliphatic heterocycles. The third kappa shape index (κ3) is 2.41. The van der Waals surface area contributed by atoms with Crippen molar-refractivity contribution >= 4 is 17.6 Å². The molecule has 0 saturated carbocycles. The Hall–Kier alpha value is -0.180. The number of piperidine rings is 1. The van der Waals surface area contributed by atoms with Crippen LogP contribution in [0.15, 0.2) is 0 Å². The molecule has 70 valence electrons. The monoisotopic (exact) mass is 186 g/mol. The molecule has 0 aliphatic carbocycles. The summed E-state index contributed by atoms with van der Waals surface area (Å²) in [5.74, 6) is 1.99. The lowest BCUT2D eigenvalue weighted by molar-refractivity contribution is 0.315. The molecule has 1 unspecified atom stereocenters. The number of nitrogens with one attached hydrogen (secondary N) is 1. The molecular formula is C9H18N2S. The second-order valence-electron chi connectivity index (χ2n) is 3.40. The Bertz CT molecular complexity index is 159. The van der Waals surface area contributed by atoms with Crippen LogP contribution in [0.3, 0.4) is 0 Å². The number of likely N-dealkylation sites (tertiary alicyclic amines) is 1. The van der Waals surface area contributed by atoms with Crippen molar-refractivity contribution in [1.29, 1.82) is 5.41 Å². The summed E-state index contributed by atoms with van der Waals surface area (Å²) in [5.41, 5.74) is 0. The Morgan fingerprint density at radius 1 is 1.58 bits per heavy atom. The van der Waals surface area contributed by atoms with E-state index in [2.05, 4.69) is 18.1 Å². The molecule has 0 radical (unpaired) electrons. The first-order valence-corrected chi connectivity index (χ1v) is 5.98. The third-order valence-corrected chi connectivity index (χ3v) is 3.16. The number of thioether (sulfide) groups is 1. The van der Waals surface area contributed by atoms with Crippen molar-refractivity contribution < 1.29 is 0 Å². The van der Waals surface area contributed by atoms with Gasteiger partial charge in [-0.1, -0.05) is 0 Å². The second kappa shape index (κ2) is 4.75. The quantitative estimate of drug-likeness (QED) is 0.731. The molecule has 0 bridgehead atoms. The van der Waals surface area contributed by atoms with Gasteiger partial charge in [0.05, 0.1) is 5.84 Å². The highest BCUT2D eigenvalue weighted by molar-refractivity contribution is 7.98. The van der Waals surface area contributed by atoms with E-state index in [1.54, 1.807) is 0 Å². The predicted molar refractivity (Wildman–Crippen MR) is 56.1 cm³/mol. The summed E-state index contributed by atoms with van der Waals surface area (Å²) >= 11 is 1.87. The zero-order valence-electron chi connectivity index (χ0n) is 7.97. The van der Waals surface area contributed by atoms with Crippen LogP contribution in [-0.2, 0) is 0 Å². The van der Waals surface area contributed by atoms with Crippen LogP contribution in [-0.4, -0.2) is 35.3 Å². The molecule has 1 atom stereocenters. The SMILES string of the molecule is CSCC(C)N1CCCCC1=N. The number of hydrogen-bond donors (Lipinski definition) is 1. The lowest BCUT2D eigenvalue weighted by Gasteiger charge is -2.34. The van der Waals surface area contributed by atoms with Gasteiger partial charge in [0.2, 0.25) is 0 Å². The standard InChI is InChI=1S/C9H18N2S/c1-8(7-12-2)11-6-4-3-5-9(11)10/h8,10H,3-7H2,1-2H3. The van der Waals surface area contributed by atoms with Crippen LogP contribution in [0.4, 0.5) is 0 Å². The molecule has 1 N–H and O–H groups in total. The molecule has 0 aromatic rings. The Morgan fingerprint density at radius 2 is 2.33 bits per heavy atom. The Morgan fingerprint density at radius 3 is 2.92 bits per heavy atom. The largest absolute Gasteiger partial charge is 0.357 e. The molecule has 1 rings (SSSR count). The van der Waals surface area contributed by atoms with Crippen LogP contribution in [0.5, 0.6) is 0 Å². The Balaban J connectivity index is 2.42. The summed E-state index contributed by atoms with van der Waals surface area (Å²) in [4.78, 5) is 2.25. The van der Waals surface area contributed by atoms with Gasteiger partial charge >= 0.3 is 0 Å². The van der Waals surface area contributed by atoms with Crippen molar-refractivity contribution in [3.63, 3.8) is 0 Å². The summed E-state index contributed by atoms with van der Waals surface area (Å²) in [6.07, 6.45) is 5.59. The number of hydrogen-bond acceptors (Lipinski definition) is 2. The maximum absolute atomic E-state index is 7.77. The van der Waals surface area contributed by atoms with Gasteiger partial charge in [0.25, 0.3) is 0 Å². The summed E-state index contributed by atoms with van der Waals surface area (Å²) in [6.45, 7) is 3.32. The lowest BCUT2D eigenvalue weighted by Crippen LogP contribution is -2.42. The van der Waals surface area contributed by atoms with E-state index in [1.165, 1.54) is 12.8 Å². The maximum atomic E-state index is 7.77. The van der Waals surface area contributed by atoms with E-state index in [0.717, 1.165) is 24.6 Å². The fraction of sp³-hybridized carbons (Fsp3) is 0.889. The highest BCUT2D eigenvalue weighted by Gasteiger charge is 2.19. The fourth-order valence-corrected chi connectivity index (χ4v) is 2.33. The number of nitrogens with zero attached hydrogens (tertiary/aromatic N) is 1. The van der Waals surface area contributed by atoms with Crippen LogP contribution in [0, 0.1) is 5.41 Å². The molecule has 1 saturated heterocycles. The molecule has 2 nitrogen and oxygen atoms in total. The van der Waals surface area contributed by atoms with Gasteiger partial charge in [0, 0.05) is 24.8 Å². The van der Waals surface area contributed by atoms with Gasteiger partial charge in [0.1, 0.15) is 0 Å². The van der Waals surface area contributed by atoms with E-state index in [4.69, 9.17) is 5.41 Å². The molecule has 0 amide bonds. The maximum Gasteiger partial charge on any atom is 0.0960 e. The van der Waals surface area contributed by atoms with E-state index in [1.807, 2.05) is 11.8 Å². The van der Waals surface area contributed by atoms with Crippen LogP contribution < -0.4 is 0 Å². The van der Waals surface area contributed by atoms with Crippen molar-refractivity contribution in [2.75, 3.05) is 18.6 Å². The lowest BCUT2D eigenvalue weighted by atomic mass is 10.1. The first-order valence-electron chi connectivity index (χ1n) is 4.58. The second-order valence-corrected chi connectivity index (χ2v) is 4.31. The van der Waals surface area contributed by atoms with Crippen LogP contribution >= 0.6 is 11.8 Å². The Labute approximate surface area is 79.2 Å². The highest BCUT2D eigenvalue weighted by atomic mass is 32.2. The number of amidine groups is 1. The molecule has 3 heteroatoms. The minimum atomic E-state index is 0.549. The zero-order valence-corrected chi connectivity index (χ0v) is 8.78. The van der Waals surface area contributed by atoms with Crippen molar-refractivity contribution in [3.8, 4) is 0 Å². The molecule has 12 heavy (non-hydrogen) atoms. The van der Waals surface area contributed by atoms with E-state index in [9.17, 15) is 0 Å². The molecule has 0 aromatic carbocycles. The van der Waals surface area contributed by atoms with Crippen molar-refractivity contribution in [1.82, 2.24) is 4.90 Å². The predicted octanol–water partition coefficient (Wildman–Crippen LogP) is 2.20. The number of rotatable bonds is 3. The Kier molecular flexibility index (Phi) is 3.92. The third-order valence-electron chi connectivity index (χ3n) is 2.35. The van der Waals surface area contributed by atoms with Crippen molar-refractivity contribution in [2.24, 2.45) is 0 Å². The average Bonchev–Trinajstić information content (AvgIpc) is 2.05. The van der Waals surface area contributed by atoms with Gasteiger partial charge < -0.3 is 4.90 Å². The van der Waals surface area contributed by atoms with Crippen molar-refractivity contribution in [2.45, 2.75) is 32.2 Å². The molecule has 0 aromatic heterocycles. The normalized spacial score (nSPS) is 21.2. The average molecular weight is 186 g/mol. The topological polar surface area (TPSA) is 27.1 Å². The van der Waals surface area contributed by atoms with Crippen LogP contribution in [0.2, 0.25) is 0 Å². The van der Waals surface area contributed by atoms with Crippen molar-refractivity contribution in [3.05, 3.63) is 0 Å². The van der Waals surface area contributed by atoms with Gasteiger partial charge in [-0.25, -0.2) is 0 Å². The van der Waals surface area contributed by atoms with Gasteiger partial charge in [-0.15, -0.1) is 0 Å². The minimum Gasteiger partial charge on any atom is -0.357 e. The first-order chi connectivity index (χ1) is 5.75. The van der Waals surface area contributed by atoms with E-state index in [-0.39, 0.29) is 0 Å². The summed E-state index contributed by atoms with van der Waals surface area (Å²) in [5, 5.41) is 7.77. The summed E-state index contributed by atoms with van der Waals surface area (Å²) in [7, 11) is 0. The first kappa shape index (κ1) is 9.90. The van der Waals surface area contributed by atoms with Gasteiger partial charge in [0.15, 0.2) is 0 Å². The summed E-state index contributed by atoms with van der Waals surface area (Å²) in [6, 6.07) is 0.549. The molecule has 1 fully saturated rings. The zero-order chi connectivity index (χ0) is 8.97. The van der Waals surface area contributed by atoms with Gasteiger partial charge in [-0.2, -0.15) is 11.8 Å². The van der Waals surface area contributed by atoms with E-state index >= 15 is 0 Å². The van der Waals surface area contributed by atoms with Gasteiger partial charge in [-0.3, -0.25) is 5.41 Å². The molecule has 1 aliphatic rings. The summed E-state index contributed by atoms with van der Waals surface area (Å²) < 4.78 is 0. The van der Waals surface area contributed by atoms with Crippen LogP contribution in [0.1, 0.15) is 26.2 Å². The molecular weight excluding hydrogens is 168 g/mol. The fourth-order valence-electron chi connectivity index (χ4n) is 1.67. The molecule has 1 heterocycles. The van der Waals surface area contributed by atoms with Gasteiger partial charge in [-0.05, 0) is 26.0 Å². The minimum absolute atomic E-state index is 0.549.